The van der Waals surface area contributed by atoms with E-state index >= 15 is 0 Å². The minimum Gasteiger partial charge on any atom is -0.328 e. The summed E-state index contributed by atoms with van der Waals surface area (Å²) in [6.07, 6.45) is 1.54. The molecule has 0 bridgehead atoms. The van der Waals surface area contributed by atoms with Crippen molar-refractivity contribution in [2.24, 2.45) is 0 Å². The highest BCUT2D eigenvalue weighted by molar-refractivity contribution is 7.39. The lowest BCUT2D eigenvalue weighted by molar-refractivity contribution is 0.250. The number of rotatable bonds is 5. The van der Waals surface area contributed by atoms with Crippen LogP contribution in [-0.2, 0) is 4.52 Å². The van der Waals surface area contributed by atoms with Crippen molar-refractivity contribution < 1.29 is 14.3 Å². The summed E-state index contributed by atoms with van der Waals surface area (Å²) in [5.74, 6) is 0. The summed E-state index contributed by atoms with van der Waals surface area (Å²) in [7, 11) is -2.19. The van der Waals surface area contributed by atoms with Crippen LogP contribution in [0.1, 0.15) is 19.8 Å². The van der Waals surface area contributed by atoms with Crippen LogP contribution in [-0.4, -0.2) is 21.8 Å². The van der Waals surface area contributed by atoms with Gasteiger partial charge >= 0.3 is 8.60 Å². The van der Waals surface area contributed by atoms with Crippen molar-refractivity contribution in [2.75, 3.05) is 6.61 Å². The summed E-state index contributed by atoms with van der Waals surface area (Å²) < 4.78 is 4.51. The third-order valence-corrected chi connectivity index (χ3v) is 2.02. The lowest BCUT2D eigenvalue weighted by atomic mass is 10.3. The maximum Gasteiger partial charge on any atom is 0.327 e. The van der Waals surface area contributed by atoms with Gasteiger partial charge in [-0.25, -0.2) is 0 Å². The zero-order valence-corrected chi connectivity index (χ0v) is 7.48. The normalized spacial score (nSPS) is 14.1. The van der Waals surface area contributed by atoms with Crippen molar-refractivity contribution in [1.82, 2.24) is 0 Å². The van der Waals surface area contributed by atoms with Crippen LogP contribution in [0, 0.1) is 0 Å². The lowest BCUT2D eigenvalue weighted by Crippen LogP contribution is -2.00. The van der Waals surface area contributed by atoms with Gasteiger partial charge in [-0.15, -0.1) is 11.6 Å². The van der Waals surface area contributed by atoms with Gasteiger partial charge in [-0.2, -0.15) is 0 Å². The van der Waals surface area contributed by atoms with E-state index in [4.69, 9.17) is 21.4 Å². The Kier molecular flexibility index (Phi) is 6.70. The average molecular weight is 187 g/mol. The van der Waals surface area contributed by atoms with Crippen LogP contribution in [0.2, 0.25) is 0 Å². The number of hydrogen-bond donors (Lipinski definition) is 2. The van der Waals surface area contributed by atoms with Crippen LogP contribution in [0.5, 0.6) is 0 Å². The van der Waals surface area contributed by atoms with Crippen molar-refractivity contribution in [3.8, 4) is 0 Å². The molecule has 0 saturated heterocycles. The van der Waals surface area contributed by atoms with Crippen LogP contribution >= 0.6 is 20.2 Å². The molecule has 0 amide bonds. The second kappa shape index (κ2) is 6.32. The molecular formula is C5H12ClO3P. The SMILES string of the molecule is CCC(Cl)CCOP(O)O. The highest BCUT2D eigenvalue weighted by atomic mass is 35.5. The van der Waals surface area contributed by atoms with Crippen LogP contribution in [0.3, 0.4) is 0 Å². The molecular weight excluding hydrogens is 174 g/mol. The number of halogens is 1. The molecule has 0 heterocycles. The van der Waals surface area contributed by atoms with Crippen molar-refractivity contribution in [2.45, 2.75) is 25.1 Å². The van der Waals surface area contributed by atoms with Gasteiger partial charge in [-0.1, -0.05) is 6.92 Å². The van der Waals surface area contributed by atoms with Gasteiger partial charge in [0.2, 0.25) is 0 Å². The van der Waals surface area contributed by atoms with E-state index in [0.717, 1.165) is 6.42 Å². The third-order valence-electron chi connectivity index (χ3n) is 1.08. The van der Waals surface area contributed by atoms with Crippen molar-refractivity contribution >= 4 is 20.2 Å². The Morgan fingerprint density at radius 1 is 1.60 bits per heavy atom. The largest absolute Gasteiger partial charge is 0.328 e. The predicted octanol–water partition coefficient (Wildman–Crippen LogP) is 1.62. The Morgan fingerprint density at radius 2 is 2.20 bits per heavy atom. The molecule has 0 aliphatic rings. The molecule has 62 valence electrons. The number of hydrogen-bond acceptors (Lipinski definition) is 3. The quantitative estimate of drug-likeness (QED) is 0.507. The second-order valence-corrected chi connectivity index (χ2v) is 3.26. The molecule has 0 aromatic rings. The summed E-state index contributed by atoms with van der Waals surface area (Å²) in [4.78, 5) is 16.6. The van der Waals surface area contributed by atoms with Gasteiger partial charge in [0.25, 0.3) is 0 Å². The van der Waals surface area contributed by atoms with E-state index in [-0.39, 0.29) is 5.38 Å². The minimum atomic E-state index is -2.19. The van der Waals surface area contributed by atoms with Crippen LogP contribution in [0.15, 0.2) is 0 Å². The fourth-order valence-electron chi connectivity index (χ4n) is 0.466. The fraction of sp³-hybridized carbons (Fsp3) is 1.00. The van der Waals surface area contributed by atoms with E-state index in [0.29, 0.717) is 13.0 Å². The summed E-state index contributed by atoms with van der Waals surface area (Å²) in [5.41, 5.74) is 0. The molecule has 0 aromatic carbocycles. The molecule has 5 heteroatoms. The first-order valence-electron chi connectivity index (χ1n) is 3.11. The van der Waals surface area contributed by atoms with E-state index in [1.807, 2.05) is 6.92 Å². The Morgan fingerprint density at radius 3 is 2.60 bits per heavy atom. The predicted molar refractivity (Wildman–Crippen MR) is 41.9 cm³/mol. The molecule has 0 fully saturated rings. The average Bonchev–Trinajstić information content (AvgIpc) is 1.87. The maximum absolute atomic E-state index is 8.29. The Hall–Kier alpha value is 0.600. The monoisotopic (exact) mass is 186 g/mol. The van der Waals surface area contributed by atoms with Crippen molar-refractivity contribution in [3.63, 3.8) is 0 Å². The highest BCUT2D eigenvalue weighted by Crippen LogP contribution is 2.24. The van der Waals surface area contributed by atoms with E-state index in [9.17, 15) is 0 Å². The van der Waals surface area contributed by atoms with Gasteiger partial charge in [0.05, 0.1) is 6.61 Å². The van der Waals surface area contributed by atoms with Gasteiger partial charge in [-0.05, 0) is 12.8 Å². The van der Waals surface area contributed by atoms with Crippen LogP contribution in [0.4, 0.5) is 0 Å². The van der Waals surface area contributed by atoms with Crippen molar-refractivity contribution in [1.29, 1.82) is 0 Å². The molecule has 1 unspecified atom stereocenters. The second-order valence-electron chi connectivity index (χ2n) is 1.88. The van der Waals surface area contributed by atoms with Crippen LogP contribution in [0.25, 0.3) is 0 Å². The Balaban J connectivity index is 3.03. The summed E-state index contributed by atoms with van der Waals surface area (Å²) >= 11 is 5.71. The minimum absolute atomic E-state index is 0.0787. The number of alkyl halides is 1. The van der Waals surface area contributed by atoms with E-state index in [1.165, 1.54) is 0 Å². The molecule has 2 N–H and O–H groups in total. The molecule has 0 aromatic heterocycles. The molecule has 10 heavy (non-hydrogen) atoms. The third kappa shape index (κ3) is 6.72. The zero-order chi connectivity index (χ0) is 7.98. The smallest absolute Gasteiger partial charge is 0.327 e. The molecule has 0 aliphatic carbocycles. The Bertz CT molecular complexity index is 81.3. The highest BCUT2D eigenvalue weighted by Gasteiger charge is 2.03. The maximum atomic E-state index is 8.29. The topological polar surface area (TPSA) is 49.7 Å². The van der Waals surface area contributed by atoms with Crippen molar-refractivity contribution in [3.05, 3.63) is 0 Å². The van der Waals surface area contributed by atoms with E-state index in [1.54, 1.807) is 0 Å². The molecule has 0 saturated carbocycles. The molecule has 0 spiro atoms. The van der Waals surface area contributed by atoms with Gasteiger partial charge in [0.1, 0.15) is 0 Å². The standard InChI is InChI=1S/C5H12ClO3P/c1-2-5(6)3-4-9-10(7)8/h5,7-8H,2-4H2,1H3. The molecule has 0 aliphatic heterocycles. The summed E-state index contributed by atoms with van der Waals surface area (Å²) in [5, 5.41) is 0.0787. The lowest BCUT2D eigenvalue weighted by Gasteiger charge is -2.06. The molecule has 0 radical (unpaired) electrons. The first-order valence-corrected chi connectivity index (χ1v) is 4.71. The fourth-order valence-corrected chi connectivity index (χ4v) is 0.824. The van der Waals surface area contributed by atoms with Gasteiger partial charge in [0.15, 0.2) is 0 Å². The molecule has 1 atom stereocenters. The van der Waals surface area contributed by atoms with Gasteiger partial charge in [0, 0.05) is 5.38 Å². The van der Waals surface area contributed by atoms with Gasteiger partial charge < -0.3 is 14.3 Å². The van der Waals surface area contributed by atoms with E-state index in [2.05, 4.69) is 4.52 Å². The van der Waals surface area contributed by atoms with E-state index < -0.39 is 8.60 Å². The Labute approximate surface area is 67.0 Å². The summed E-state index contributed by atoms with van der Waals surface area (Å²) in [6.45, 7) is 2.29. The molecule has 3 nitrogen and oxygen atoms in total. The van der Waals surface area contributed by atoms with Crippen LogP contribution < -0.4 is 0 Å². The summed E-state index contributed by atoms with van der Waals surface area (Å²) in [6, 6.07) is 0. The zero-order valence-electron chi connectivity index (χ0n) is 5.83. The molecule has 0 rings (SSSR count). The van der Waals surface area contributed by atoms with Gasteiger partial charge in [-0.3, -0.25) is 0 Å². The first-order chi connectivity index (χ1) is 4.66. The first kappa shape index (κ1) is 10.6.